The Kier molecular flexibility index (Phi) is 25.0. The minimum atomic E-state index is 0.634. The van der Waals surface area contributed by atoms with E-state index in [0.717, 1.165) is 6.54 Å². The standard InChI is InChI=1S/C35H70N2/c1-4-7-9-11-13-15-17-19-20-21-23-25-27-29-31-35-36(6-3)33-34-37(35)32-30-28-26-24-22-18-16-14-12-10-8-5-2/h33-35H,4-32H2,1-3H3. The lowest BCUT2D eigenvalue weighted by atomic mass is 10.0. The summed E-state index contributed by atoms with van der Waals surface area (Å²) >= 11 is 0. The molecular formula is C35H70N2. The Balaban J connectivity index is 1.95. The third-order valence-corrected chi connectivity index (χ3v) is 8.67. The Morgan fingerprint density at radius 3 is 1.08 bits per heavy atom. The molecule has 37 heavy (non-hydrogen) atoms. The minimum Gasteiger partial charge on any atom is -0.356 e. The van der Waals surface area contributed by atoms with Crippen molar-refractivity contribution in [3.05, 3.63) is 12.4 Å². The Morgan fingerprint density at radius 2 is 0.703 bits per heavy atom. The molecular weight excluding hydrogens is 448 g/mol. The molecule has 0 saturated carbocycles. The zero-order valence-electron chi connectivity index (χ0n) is 26.1. The van der Waals surface area contributed by atoms with Crippen LogP contribution >= 0.6 is 0 Å². The Bertz CT molecular complexity index is 474. The summed E-state index contributed by atoms with van der Waals surface area (Å²) in [6.45, 7) is 9.33. The fourth-order valence-corrected chi connectivity index (χ4v) is 6.09. The van der Waals surface area contributed by atoms with Crippen LogP contribution < -0.4 is 0 Å². The van der Waals surface area contributed by atoms with Gasteiger partial charge in [-0.15, -0.1) is 0 Å². The maximum absolute atomic E-state index is 2.65. The van der Waals surface area contributed by atoms with Crippen molar-refractivity contribution in [3.8, 4) is 0 Å². The molecule has 0 aliphatic carbocycles. The molecule has 2 heteroatoms. The summed E-state index contributed by atoms with van der Waals surface area (Å²) in [5.41, 5.74) is 0. The predicted molar refractivity (Wildman–Crippen MR) is 168 cm³/mol. The SMILES string of the molecule is CCCCCCCCCCCCCCCCC1N(CC)C=CN1CCCCCCCCCCCCCC. The summed E-state index contributed by atoms with van der Waals surface area (Å²) in [5, 5.41) is 0. The maximum Gasteiger partial charge on any atom is 0.101 e. The molecule has 0 aromatic carbocycles. The number of nitrogens with zero attached hydrogens (tertiary/aromatic N) is 2. The smallest absolute Gasteiger partial charge is 0.101 e. The first-order chi connectivity index (χ1) is 18.3. The van der Waals surface area contributed by atoms with Crippen molar-refractivity contribution in [2.75, 3.05) is 13.1 Å². The van der Waals surface area contributed by atoms with Gasteiger partial charge in [0.25, 0.3) is 0 Å². The van der Waals surface area contributed by atoms with Crippen molar-refractivity contribution < 1.29 is 0 Å². The molecule has 0 saturated heterocycles. The third kappa shape index (κ3) is 20.0. The van der Waals surface area contributed by atoms with Gasteiger partial charge in [0.1, 0.15) is 6.17 Å². The highest BCUT2D eigenvalue weighted by Crippen LogP contribution is 2.23. The van der Waals surface area contributed by atoms with Gasteiger partial charge in [-0.2, -0.15) is 0 Å². The lowest BCUT2D eigenvalue weighted by molar-refractivity contribution is 0.142. The van der Waals surface area contributed by atoms with Crippen LogP contribution in [0.4, 0.5) is 0 Å². The molecule has 0 fully saturated rings. The van der Waals surface area contributed by atoms with E-state index in [9.17, 15) is 0 Å². The van der Waals surface area contributed by atoms with E-state index in [1.165, 1.54) is 180 Å². The van der Waals surface area contributed by atoms with Gasteiger partial charge in [0.2, 0.25) is 0 Å². The zero-order valence-corrected chi connectivity index (χ0v) is 26.1. The minimum absolute atomic E-state index is 0.634. The molecule has 0 bridgehead atoms. The van der Waals surface area contributed by atoms with Gasteiger partial charge in [-0.3, -0.25) is 0 Å². The number of hydrogen-bond donors (Lipinski definition) is 0. The quantitative estimate of drug-likeness (QED) is 0.0908. The van der Waals surface area contributed by atoms with E-state index in [-0.39, 0.29) is 0 Å². The van der Waals surface area contributed by atoms with Crippen LogP contribution in [-0.4, -0.2) is 29.1 Å². The van der Waals surface area contributed by atoms with Crippen molar-refractivity contribution in [2.45, 2.75) is 200 Å². The summed E-state index contributed by atoms with van der Waals surface area (Å²) in [6.07, 6.45) is 44.3. The van der Waals surface area contributed by atoms with E-state index in [2.05, 4.69) is 43.0 Å². The first kappa shape index (κ1) is 34.4. The van der Waals surface area contributed by atoms with Gasteiger partial charge in [-0.05, 0) is 26.2 Å². The summed E-state index contributed by atoms with van der Waals surface area (Å²) < 4.78 is 0. The molecule has 1 aliphatic rings. The van der Waals surface area contributed by atoms with Gasteiger partial charge in [-0.1, -0.05) is 168 Å². The molecule has 1 aliphatic heterocycles. The summed E-state index contributed by atoms with van der Waals surface area (Å²) in [6, 6.07) is 0. The van der Waals surface area contributed by atoms with Crippen LogP contribution in [-0.2, 0) is 0 Å². The molecule has 0 amide bonds. The summed E-state index contributed by atoms with van der Waals surface area (Å²) in [5.74, 6) is 0. The van der Waals surface area contributed by atoms with Gasteiger partial charge in [0.15, 0.2) is 0 Å². The molecule has 1 unspecified atom stereocenters. The van der Waals surface area contributed by atoms with Crippen molar-refractivity contribution in [1.82, 2.24) is 9.80 Å². The predicted octanol–water partition coefficient (Wildman–Crippen LogP) is 12.0. The van der Waals surface area contributed by atoms with Gasteiger partial charge >= 0.3 is 0 Å². The van der Waals surface area contributed by atoms with Crippen molar-refractivity contribution >= 4 is 0 Å². The van der Waals surface area contributed by atoms with Crippen LogP contribution in [0.25, 0.3) is 0 Å². The van der Waals surface area contributed by atoms with Crippen molar-refractivity contribution in [1.29, 1.82) is 0 Å². The highest BCUT2D eigenvalue weighted by atomic mass is 15.4. The zero-order chi connectivity index (χ0) is 26.7. The molecule has 0 N–H and O–H groups in total. The van der Waals surface area contributed by atoms with Crippen LogP contribution in [0.15, 0.2) is 12.4 Å². The fraction of sp³-hybridized carbons (Fsp3) is 0.943. The molecule has 1 rings (SSSR count). The van der Waals surface area contributed by atoms with E-state index >= 15 is 0 Å². The van der Waals surface area contributed by atoms with E-state index < -0.39 is 0 Å². The molecule has 0 aromatic rings. The first-order valence-electron chi connectivity index (χ1n) is 17.5. The molecule has 0 radical (unpaired) electrons. The molecule has 0 aromatic heterocycles. The number of hydrogen-bond acceptors (Lipinski definition) is 2. The average molecular weight is 519 g/mol. The Morgan fingerprint density at radius 1 is 0.378 bits per heavy atom. The van der Waals surface area contributed by atoms with E-state index in [0.29, 0.717) is 6.17 Å². The van der Waals surface area contributed by atoms with Crippen molar-refractivity contribution in [3.63, 3.8) is 0 Å². The normalized spacial score (nSPS) is 15.4. The van der Waals surface area contributed by atoms with Crippen LogP contribution in [0.3, 0.4) is 0 Å². The van der Waals surface area contributed by atoms with Gasteiger partial charge in [0, 0.05) is 25.5 Å². The molecule has 1 heterocycles. The number of unbranched alkanes of at least 4 members (excludes halogenated alkanes) is 24. The Hall–Kier alpha value is -0.660. The van der Waals surface area contributed by atoms with Crippen LogP contribution in [0, 0.1) is 0 Å². The first-order valence-corrected chi connectivity index (χ1v) is 17.5. The molecule has 1 atom stereocenters. The lowest BCUT2D eigenvalue weighted by Gasteiger charge is -2.32. The van der Waals surface area contributed by atoms with Gasteiger partial charge in [-0.25, -0.2) is 0 Å². The van der Waals surface area contributed by atoms with Crippen LogP contribution in [0.1, 0.15) is 194 Å². The second-order valence-corrected chi connectivity index (χ2v) is 12.1. The van der Waals surface area contributed by atoms with E-state index in [4.69, 9.17) is 0 Å². The molecule has 0 spiro atoms. The lowest BCUT2D eigenvalue weighted by Crippen LogP contribution is -2.38. The third-order valence-electron chi connectivity index (χ3n) is 8.67. The summed E-state index contributed by atoms with van der Waals surface area (Å²) in [7, 11) is 0. The molecule has 220 valence electrons. The second kappa shape index (κ2) is 26.9. The van der Waals surface area contributed by atoms with Crippen LogP contribution in [0.2, 0.25) is 0 Å². The Labute approximate surface area is 235 Å². The summed E-state index contributed by atoms with van der Waals surface area (Å²) in [4.78, 5) is 5.23. The van der Waals surface area contributed by atoms with E-state index in [1.807, 2.05) is 0 Å². The number of rotatable bonds is 29. The largest absolute Gasteiger partial charge is 0.356 e. The molecule has 2 nitrogen and oxygen atoms in total. The highest BCUT2D eigenvalue weighted by Gasteiger charge is 2.23. The van der Waals surface area contributed by atoms with Crippen LogP contribution in [0.5, 0.6) is 0 Å². The van der Waals surface area contributed by atoms with Gasteiger partial charge < -0.3 is 9.80 Å². The average Bonchev–Trinajstić information content (AvgIpc) is 3.31. The monoisotopic (exact) mass is 519 g/mol. The highest BCUT2D eigenvalue weighted by molar-refractivity contribution is 4.96. The second-order valence-electron chi connectivity index (χ2n) is 12.1. The van der Waals surface area contributed by atoms with Gasteiger partial charge in [0.05, 0.1) is 0 Å². The van der Waals surface area contributed by atoms with Crippen molar-refractivity contribution in [2.24, 2.45) is 0 Å². The van der Waals surface area contributed by atoms with E-state index in [1.54, 1.807) is 0 Å². The fourth-order valence-electron chi connectivity index (χ4n) is 6.09. The topological polar surface area (TPSA) is 6.48 Å². The maximum atomic E-state index is 2.65.